The van der Waals surface area contributed by atoms with Crippen LogP contribution in [0, 0.1) is 0 Å². The standard InChI is InChI=1S/C14H24N4O2/c1-4-7-18(8-9-19)14(20)16-11-12-5-6-15-13(10-12)17(2)3/h5-6,10,19H,4,7-9,11H2,1-3H3,(H,16,20). The number of pyridine rings is 1. The Kier molecular flexibility index (Phi) is 6.79. The van der Waals surface area contributed by atoms with Gasteiger partial charge in [0.1, 0.15) is 5.82 Å². The zero-order valence-corrected chi connectivity index (χ0v) is 12.5. The fraction of sp³-hybridized carbons (Fsp3) is 0.571. The van der Waals surface area contributed by atoms with Crippen molar-refractivity contribution in [3.63, 3.8) is 0 Å². The number of hydrogen-bond donors (Lipinski definition) is 2. The van der Waals surface area contributed by atoms with Gasteiger partial charge < -0.3 is 20.2 Å². The van der Waals surface area contributed by atoms with Crippen molar-refractivity contribution in [2.45, 2.75) is 19.9 Å². The van der Waals surface area contributed by atoms with E-state index in [-0.39, 0.29) is 12.6 Å². The van der Waals surface area contributed by atoms with Crippen LogP contribution in [0.2, 0.25) is 0 Å². The van der Waals surface area contributed by atoms with E-state index in [1.54, 1.807) is 11.1 Å². The van der Waals surface area contributed by atoms with E-state index in [2.05, 4.69) is 10.3 Å². The number of aliphatic hydroxyl groups is 1. The molecule has 1 aromatic heterocycles. The molecule has 0 fully saturated rings. The second-order valence-corrected chi connectivity index (χ2v) is 4.79. The number of urea groups is 1. The molecule has 1 aromatic rings. The molecule has 6 nitrogen and oxygen atoms in total. The summed E-state index contributed by atoms with van der Waals surface area (Å²) in [6.07, 6.45) is 2.60. The Morgan fingerprint density at radius 2 is 2.15 bits per heavy atom. The molecular formula is C14H24N4O2. The molecule has 0 aliphatic carbocycles. The third-order valence-corrected chi connectivity index (χ3v) is 2.86. The maximum absolute atomic E-state index is 12.0. The molecule has 0 saturated heterocycles. The number of hydrogen-bond acceptors (Lipinski definition) is 4. The van der Waals surface area contributed by atoms with Crippen molar-refractivity contribution in [3.8, 4) is 0 Å². The second-order valence-electron chi connectivity index (χ2n) is 4.79. The van der Waals surface area contributed by atoms with Crippen molar-refractivity contribution < 1.29 is 9.90 Å². The average Bonchev–Trinajstić information content (AvgIpc) is 2.45. The highest BCUT2D eigenvalue weighted by Gasteiger charge is 2.11. The van der Waals surface area contributed by atoms with E-state index >= 15 is 0 Å². The fourth-order valence-corrected chi connectivity index (χ4v) is 1.81. The molecule has 2 N–H and O–H groups in total. The van der Waals surface area contributed by atoms with E-state index in [9.17, 15) is 4.79 Å². The Balaban J connectivity index is 2.57. The summed E-state index contributed by atoms with van der Waals surface area (Å²) in [4.78, 5) is 19.8. The summed E-state index contributed by atoms with van der Waals surface area (Å²) in [6.45, 7) is 3.44. The minimum Gasteiger partial charge on any atom is -0.395 e. The van der Waals surface area contributed by atoms with Gasteiger partial charge in [0.05, 0.1) is 6.61 Å². The largest absolute Gasteiger partial charge is 0.395 e. The van der Waals surface area contributed by atoms with Gasteiger partial charge in [0.2, 0.25) is 0 Å². The molecule has 20 heavy (non-hydrogen) atoms. The van der Waals surface area contributed by atoms with Crippen molar-refractivity contribution in [2.75, 3.05) is 38.7 Å². The fourth-order valence-electron chi connectivity index (χ4n) is 1.81. The molecule has 6 heteroatoms. The van der Waals surface area contributed by atoms with Crippen LogP contribution in [0.15, 0.2) is 18.3 Å². The monoisotopic (exact) mass is 280 g/mol. The zero-order chi connectivity index (χ0) is 15.0. The van der Waals surface area contributed by atoms with Gasteiger partial charge in [-0.25, -0.2) is 9.78 Å². The number of carbonyl (C=O) groups excluding carboxylic acids is 1. The van der Waals surface area contributed by atoms with Gasteiger partial charge in [-0.05, 0) is 24.1 Å². The summed E-state index contributed by atoms with van der Waals surface area (Å²) in [5.41, 5.74) is 0.998. The normalized spacial score (nSPS) is 10.2. The molecule has 0 atom stereocenters. The predicted octanol–water partition coefficient (Wildman–Crippen LogP) is 1.06. The second kappa shape index (κ2) is 8.37. The van der Waals surface area contributed by atoms with Crippen LogP contribution in [0.3, 0.4) is 0 Å². The van der Waals surface area contributed by atoms with Crippen LogP contribution in [-0.2, 0) is 6.54 Å². The lowest BCUT2D eigenvalue weighted by atomic mass is 10.2. The molecule has 0 aliphatic rings. The van der Waals surface area contributed by atoms with E-state index < -0.39 is 0 Å². The van der Waals surface area contributed by atoms with Gasteiger partial charge in [0, 0.05) is 39.9 Å². The molecule has 112 valence electrons. The molecular weight excluding hydrogens is 256 g/mol. The number of anilines is 1. The first-order chi connectivity index (χ1) is 9.58. The predicted molar refractivity (Wildman–Crippen MR) is 79.7 cm³/mol. The lowest BCUT2D eigenvalue weighted by Crippen LogP contribution is -2.41. The lowest BCUT2D eigenvalue weighted by molar-refractivity contribution is 0.177. The number of nitrogens with one attached hydrogen (secondary N) is 1. The number of amides is 2. The highest BCUT2D eigenvalue weighted by molar-refractivity contribution is 5.74. The molecule has 1 heterocycles. The number of aromatic nitrogens is 1. The first-order valence-corrected chi connectivity index (χ1v) is 6.84. The van der Waals surface area contributed by atoms with Gasteiger partial charge in [0.15, 0.2) is 0 Å². The van der Waals surface area contributed by atoms with Gasteiger partial charge in [0.25, 0.3) is 0 Å². The van der Waals surface area contributed by atoms with Gasteiger partial charge in [-0.1, -0.05) is 6.92 Å². The highest BCUT2D eigenvalue weighted by atomic mass is 16.3. The van der Waals surface area contributed by atoms with Crippen LogP contribution in [0.25, 0.3) is 0 Å². The van der Waals surface area contributed by atoms with Crippen molar-refractivity contribution >= 4 is 11.8 Å². The molecule has 0 saturated carbocycles. The summed E-state index contributed by atoms with van der Waals surface area (Å²) >= 11 is 0. The summed E-state index contributed by atoms with van der Waals surface area (Å²) in [6, 6.07) is 3.67. The Hall–Kier alpha value is -1.82. The van der Waals surface area contributed by atoms with Crippen molar-refractivity contribution in [3.05, 3.63) is 23.9 Å². The Bertz CT molecular complexity index is 417. The first kappa shape index (κ1) is 16.2. The van der Waals surface area contributed by atoms with E-state index in [0.717, 1.165) is 17.8 Å². The summed E-state index contributed by atoms with van der Waals surface area (Å²) < 4.78 is 0. The molecule has 0 radical (unpaired) electrons. The molecule has 0 bridgehead atoms. The van der Waals surface area contributed by atoms with Crippen LogP contribution in [-0.4, -0.2) is 54.8 Å². The Morgan fingerprint density at radius 3 is 2.75 bits per heavy atom. The summed E-state index contributed by atoms with van der Waals surface area (Å²) in [7, 11) is 3.85. The summed E-state index contributed by atoms with van der Waals surface area (Å²) in [5.74, 6) is 0.859. The van der Waals surface area contributed by atoms with Gasteiger partial charge in [-0.3, -0.25) is 0 Å². The van der Waals surface area contributed by atoms with E-state index in [4.69, 9.17) is 5.11 Å². The third kappa shape index (κ3) is 5.05. The Labute approximate surface area is 120 Å². The van der Waals surface area contributed by atoms with Crippen molar-refractivity contribution in [1.82, 2.24) is 15.2 Å². The minimum absolute atomic E-state index is 0.0204. The van der Waals surface area contributed by atoms with Crippen LogP contribution in [0.5, 0.6) is 0 Å². The van der Waals surface area contributed by atoms with Crippen molar-refractivity contribution in [1.29, 1.82) is 0 Å². The quantitative estimate of drug-likeness (QED) is 0.783. The van der Waals surface area contributed by atoms with E-state index in [1.807, 2.05) is 38.1 Å². The van der Waals surface area contributed by atoms with Crippen LogP contribution < -0.4 is 10.2 Å². The SMILES string of the molecule is CCCN(CCO)C(=O)NCc1ccnc(N(C)C)c1. The topological polar surface area (TPSA) is 68.7 Å². The number of nitrogens with zero attached hydrogens (tertiary/aromatic N) is 3. The van der Waals surface area contributed by atoms with Gasteiger partial charge >= 0.3 is 6.03 Å². The number of aliphatic hydroxyl groups excluding tert-OH is 1. The molecule has 2 amide bonds. The van der Waals surface area contributed by atoms with Gasteiger partial charge in [-0.2, -0.15) is 0 Å². The molecule has 0 spiro atoms. The van der Waals surface area contributed by atoms with Gasteiger partial charge in [-0.15, -0.1) is 0 Å². The molecule has 0 aromatic carbocycles. The molecule has 1 rings (SSSR count). The summed E-state index contributed by atoms with van der Waals surface area (Å²) in [5, 5.41) is 11.8. The number of carbonyl (C=O) groups is 1. The van der Waals surface area contributed by atoms with Crippen molar-refractivity contribution in [2.24, 2.45) is 0 Å². The van der Waals surface area contributed by atoms with E-state index in [1.165, 1.54) is 0 Å². The van der Waals surface area contributed by atoms with E-state index in [0.29, 0.717) is 19.6 Å². The lowest BCUT2D eigenvalue weighted by Gasteiger charge is -2.21. The van der Waals surface area contributed by atoms with Crippen LogP contribution in [0.4, 0.5) is 10.6 Å². The van der Waals surface area contributed by atoms with Crippen LogP contribution >= 0.6 is 0 Å². The maximum Gasteiger partial charge on any atom is 0.317 e. The number of rotatable bonds is 7. The Morgan fingerprint density at radius 1 is 1.40 bits per heavy atom. The smallest absolute Gasteiger partial charge is 0.317 e. The molecule has 0 aliphatic heterocycles. The average molecular weight is 280 g/mol. The van der Waals surface area contributed by atoms with Crippen LogP contribution in [0.1, 0.15) is 18.9 Å². The zero-order valence-electron chi connectivity index (χ0n) is 12.5. The first-order valence-electron chi connectivity index (χ1n) is 6.84. The molecule has 0 unspecified atom stereocenters. The minimum atomic E-state index is -0.149. The third-order valence-electron chi connectivity index (χ3n) is 2.86. The maximum atomic E-state index is 12.0. The highest BCUT2D eigenvalue weighted by Crippen LogP contribution is 2.09.